The first-order chi connectivity index (χ1) is 9.97. The molecule has 6 nitrogen and oxygen atoms in total. The van der Waals surface area contributed by atoms with Crippen molar-refractivity contribution in [2.24, 2.45) is 0 Å². The standard InChI is InChI=1S/C13H11ClFN3O3/c1-6-2-3-18-12(21-6)9(13(19)20)10(17-18)8-4-7(14)5-16-11(8)15/h4-6H,2-3H2,1H3,(H,19,20)/t6-/m1/s1. The van der Waals surface area contributed by atoms with E-state index in [-0.39, 0.29) is 33.8 Å². The van der Waals surface area contributed by atoms with Gasteiger partial charge in [0.2, 0.25) is 11.8 Å². The maximum absolute atomic E-state index is 13.9. The SMILES string of the molecule is C[C@@H]1CCn2nc(-c3cc(Cl)cnc3F)c(C(=O)O)c2O1. The molecule has 2 aromatic rings. The highest BCUT2D eigenvalue weighted by Crippen LogP contribution is 2.35. The van der Waals surface area contributed by atoms with Crippen LogP contribution >= 0.6 is 11.6 Å². The van der Waals surface area contributed by atoms with Gasteiger partial charge in [-0.1, -0.05) is 11.6 Å². The molecule has 1 aliphatic heterocycles. The molecule has 0 saturated carbocycles. The summed E-state index contributed by atoms with van der Waals surface area (Å²) in [6.45, 7) is 2.34. The van der Waals surface area contributed by atoms with Gasteiger partial charge in [-0.2, -0.15) is 9.49 Å². The summed E-state index contributed by atoms with van der Waals surface area (Å²) in [7, 11) is 0. The van der Waals surface area contributed by atoms with Crippen molar-refractivity contribution in [2.75, 3.05) is 0 Å². The highest BCUT2D eigenvalue weighted by atomic mass is 35.5. The van der Waals surface area contributed by atoms with Crippen LogP contribution < -0.4 is 4.74 Å². The molecule has 0 aromatic carbocycles. The number of halogens is 2. The minimum absolute atomic E-state index is 0.0286. The summed E-state index contributed by atoms with van der Waals surface area (Å²) in [5, 5.41) is 13.8. The lowest BCUT2D eigenvalue weighted by Gasteiger charge is -2.21. The average Bonchev–Trinajstić information content (AvgIpc) is 2.79. The Balaban J connectivity index is 2.23. The predicted octanol–water partition coefficient (Wildman–Crippen LogP) is 2.61. The Morgan fingerprint density at radius 2 is 2.38 bits per heavy atom. The van der Waals surface area contributed by atoms with E-state index in [0.29, 0.717) is 13.0 Å². The Morgan fingerprint density at radius 3 is 3.10 bits per heavy atom. The molecule has 21 heavy (non-hydrogen) atoms. The molecule has 8 heteroatoms. The fourth-order valence-electron chi connectivity index (χ4n) is 2.24. The number of aromatic carboxylic acids is 1. The number of hydrogen-bond donors (Lipinski definition) is 1. The summed E-state index contributed by atoms with van der Waals surface area (Å²) in [5.74, 6) is -1.93. The molecule has 1 atom stereocenters. The summed E-state index contributed by atoms with van der Waals surface area (Å²) in [5.41, 5.74) is -0.262. The van der Waals surface area contributed by atoms with E-state index >= 15 is 0 Å². The number of nitrogens with zero attached hydrogens (tertiary/aromatic N) is 3. The molecule has 110 valence electrons. The van der Waals surface area contributed by atoms with Crippen molar-refractivity contribution in [1.29, 1.82) is 0 Å². The number of aromatic nitrogens is 3. The van der Waals surface area contributed by atoms with E-state index in [1.807, 2.05) is 6.92 Å². The van der Waals surface area contributed by atoms with E-state index in [9.17, 15) is 14.3 Å². The largest absolute Gasteiger partial charge is 0.477 e. The average molecular weight is 312 g/mol. The molecule has 0 unspecified atom stereocenters. The Kier molecular flexibility index (Phi) is 3.29. The van der Waals surface area contributed by atoms with Gasteiger partial charge in [0.1, 0.15) is 11.3 Å². The van der Waals surface area contributed by atoms with Crippen molar-refractivity contribution in [2.45, 2.75) is 26.0 Å². The highest BCUT2D eigenvalue weighted by Gasteiger charge is 2.31. The van der Waals surface area contributed by atoms with Crippen LogP contribution in [0.5, 0.6) is 5.88 Å². The van der Waals surface area contributed by atoms with Gasteiger partial charge >= 0.3 is 5.97 Å². The molecule has 1 aliphatic rings. The van der Waals surface area contributed by atoms with Crippen LogP contribution in [0.2, 0.25) is 5.02 Å². The van der Waals surface area contributed by atoms with Crippen LogP contribution in [-0.2, 0) is 6.54 Å². The van der Waals surface area contributed by atoms with Gasteiger partial charge < -0.3 is 9.84 Å². The van der Waals surface area contributed by atoms with Crippen molar-refractivity contribution < 1.29 is 19.0 Å². The lowest BCUT2D eigenvalue weighted by Crippen LogP contribution is -2.24. The van der Waals surface area contributed by atoms with E-state index < -0.39 is 11.9 Å². The van der Waals surface area contributed by atoms with Crippen LogP contribution in [0, 0.1) is 5.95 Å². The van der Waals surface area contributed by atoms with E-state index in [1.54, 1.807) is 0 Å². The molecule has 0 radical (unpaired) electrons. The molecule has 0 fully saturated rings. The van der Waals surface area contributed by atoms with Crippen molar-refractivity contribution in [3.05, 3.63) is 28.8 Å². The number of pyridine rings is 1. The zero-order valence-electron chi connectivity index (χ0n) is 11.0. The molecular weight excluding hydrogens is 301 g/mol. The van der Waals surface area contributed by atoms with E-state index in [2.05, 4.69) is 10.1 Å². The molecule has 3 rings (SSSR count). The topological polar surface area (TPSA) is 77.2 Å². The second kappa shape index (κ2) is 5.00. The summed E-state index contributed by atoms with van der Waals surface area (Å²) in [4.78, 5) is 15.0. The summed E-state index contributed by atoms with van der Waals surface area (Å²) >= 11 is 5.81. The smallest absolute Gasteiger partial charge is 0.343 e. The Hall–Kier alpha value is -2.15. The number of rotatable bonds is 2. The molecule has 1 N–H and O–H groups in total. The van der Waals surface area contributed by atoms with Crippen molar-refractivity contribution >= 4 is 17.6 Å². The minimum Gasteiger partial charge on any atom is -0.477 e. The number of ether oxygens (including phenoxy) is 1. The van der Waals surface area contributed by atoms with Crippen LogP contribution in [0.25, 0.3) is 11.3 Å². The Bertz CT molecular complexity index is 732. The summed E-state index contributed by atoms with van der Waals surface area (Å²) in [6, 6.07) is 1.30. The number of carbonyl (C=O) groups is 1. The maximum Gasteiger partial charge on any atom is 0.343 e. The number of aryl methyl sites for hydroxylation is 1. The van der Waals surface area contributed by atoms with Crippen LogP contribution in [0.4, 0.5) is 4.39 Å². The monoisotopic (exact) mass is 311 g/mol. The number of carboxylic acids is 1. The van der Waals surface area contributed by atoms with Gasteiger partial charge in [-0.15, -0.1) is 0 Å². The molecule has 0 aliphatic carbocycles. The molecular formula is C13H11ClFN3O3. The van der Waals surface area contributed by atoms with Crippen LogP contribution in [0.1, 0.15) is 23.7 Å². The summed E-state index contributed by atoms with van der Waals surface area (Å²) < 4.78 is 20.9. The zero-order valence-corrected chi connectivity index (χ0v) is 11.8. The molecule has 0 saturated heterocycles. The van der Waals surface area contributed by atoms with Crippen molar-refractivity contribution in [3.8, 4) is 17.1 Å². The third-order valence-electron chi connectivity index (χ3n) is 3.24. The van der Waals surface area contributed by atoms with E-state index in [0.717, 1.165) is 6.20 Å². The van der Waals surface area contributed by atoms with Gasteiger partial charge in [0, 0.05) is 19.2 Å². The molecule has 0 amide bonds. The van der Waals surface area contributed by atoms with Crippen LogP contribution in [-0.4, -0.2) is 31.9 Å². The van der Waals surface area contributed by atoms with E-state index in [4.69, 9.17) is 16.3 Å². The van der Waals surface area contributed by atoms with Crippen LogP contribution in [0.3, 0.4) is 0 Å². The molecule has 0 spiro atoms. The number of hydrogen-bond acceptors (Lipinski definition) is 4. The number of fused-ring (bicyclic) bond motifs is 1. The second-order valence-electron chi connectivity index (χ2n) is 4.77. The third kappa shape index (κ3) is 2.33. The predicted molar refractivity (Wildman–Crippen MR) is 72.1 cm³/mol. The van der Waals surface area contributed by atoms with Gasteiger partial charge in [0.25, 0.3) is 0 Å². The maximum atomic E-state index is 13.9. The quantitative estimate of drug-likeness (QED) is 0.863. The fraction of sp³-hybridized carbons (Fsp3) is 0.308. The lowest BCUT2D eigenvalue weighted by molar-refractivity contribution is 0.0684. The molecule has 0 bridgehead atoms. The van der Waals surface area contributed by atoms with Gasteiger partial charge in [-0.3, -0.25) is 0 Å². The zero-order chi connectivity index (χ0) is 15.1. The van der Waals surface area contributed by atoms with Gasteiger partial charge in [-0.25, -0.2) is 14.5 Å². The number of carboxylic acid groups (broad SMARTS) is 1. The minimum atomic E-state index is -1.24. The normalized spacial score (nSPS) is 17.2. The Labute approximate surface area is 124 Å². The van der Waals surface area contributed by atoms with E-state index in [1.165, 1.54) is 10.7 Å². The molecule has 2 aromatic heterocycles. The van der Waals surface area contributed by atoms with Gasteiger partial charge in [0.05, 0.1) is 16.7 Å². The highest BCUT2D eigenvalue weighted by molar-refractivity contribution is 6.30. The first kappa shape index (κ1) is 13.8. The van der Waals surface area contributed by atoms with Crippen molar-refractivity contribution in [1.82, 2.24) is 14.8 Å². The third-order valence-corrected chi connectivity index (χ3v) is 3.45. The first-order valence-electron chi connectivity index (χ1n) is 6.29. The van der Waals surface area contributed by atoms with Gasteiger partial charge in [0.15, 0.2) is 0 Å². The summed E-state index contributed by atoms with van der Waals surface area (Å²) in [6.07, 6.45) is 1.72. The molecule has 3 heterocycles. The second-order valence-corrected chi connectivity index (χ2v) is 5.20. The lowest BCUT2D eigenvalue weighted by atomic mass is 10.1. The first-order valence-corrected chi connectivity index (χ1v) is 6.67. The van der Waals surface area contributed by atoms with Crippen molar-refractivity contribution in [3.63, 3.8) is 0 Å². The van der Waals surface area contributed by atoms with Gasteiger partial charge in [-0.05, 0) is 13.0 Å². The fourth-order valence-corrected chi connectivity index (χ4v) is 2.40. The van der Waals surface area contributed by atoms with Crippen LogP contribution in [0.15, 0.2) is 12.3 Å². The Morgan fingerprint density at radius 1 is 1.62 bits per heavy atom.